The molecule has 1 unspecified atom stereocenters. The number of methoxy groups -OCH3 is 1. The van der Waals surface area contributed by atoms with Crippen LogP contribution in [-0.4, -0.2) is 54.0 Å². The lowest BCUT2D eigenvalue weighted by molar-refractivity contribution is 0.175. The van der Waals surface area contributed by atoms with Crippen LogP contribution in [0.1, 0.15) is 5.01 Å². The van der Waals surface area contributed by atoms with Crippen LogP contribution in [0, 0.1) is 6.92 Å². The fourth-order valence-electron chi connectivity index (χ4n) is 1.01. The number of aromatic nitrogens is 2. The number of nitrogens with one attached hydrogen (secondary N) is 1. The molecule has 2 N–H and O–H groups in total. The van der Waals surface area contributed by atoms with Crippen LogP contribution in [0.15, 0.2) is 4.34 Å². The lowest BCUT2D eigenvalue weighted by Crippen LogP contribution is -2.30. The minimum absolute atomic E-state index is 0.369. The summed E-state index contributed by atoms with van der Waals surface area (Å²) < 4.78 is 5.80. The van der Waals surface area contributed by atoms with Crippen molar-refractivity contribution in [3.63, 3.8) is 0 Å². The Labute approximate surface area is 104 Å². The van der Waals surface area contributed by atoms with Gasteiger partial charge in [-0.2, -0.15) is 0 Å². The maximum Gasteiger partial charge on any atom is 0.174 e. The Bertz CT molecular complexity index is 296. The number of aryl methyl sites for hydroxylation is 1. The van der Waals surface area contributed by atoms with E-state index in [1.54, 1.807) is 18.4 Å². The second kappa shape index (κ2) is 7.97. The Kier molecular flexibility index (Phi) is 6.90. The molecule has 0 aliphatic rings. The van der Waals surface area contributed by atoms with E-state index in [0.29, 0.717) is 18.9 Å². The summed E-state index contributed by atoms with van der Waals surface area (Å²) in [6.07, 6.45) is -0.369. The highest BCUT2D eigenvalue weighted by atomic mass is 32.2. The van der Waals surface area contributed by atoms with E-state index in [0.717, 1.165) is 15.9 Å². The molecule has 92 valence electrons. The molecule has 0 saturated heterocycles. The summed E-state index contributed by atoms with van der Waals surface area (Å²) in [6, 6.07) is 0. The molecule has 1 atom stereocenters. The number of aliphatic hydroxyl groups is 1. The van der Waals surface area contributed by atoms with Crippen LogP contribution in [-0.2, 0) is 4.74 Å². The van der Waals surface area contributed by atoms with Crippen molar-refractivity contribution in [2.45, 2.75) is 17.4 Å². The number of rotatable bonds is 8. The first-order valence-electron chi connectivity index (χ1n) is 5.03. The highest BCUT2D eigenvalue weighted by molar-refractivity contribution is 8.01. The second-order valence-electron chi connectivity index (χ2n) is 3.25. The third kappa shape index (κ3) is 5.76. The van der Waals surface area contributed by atoms with Crippen LogP contribution in [0.25, 0.3) is 0 Å². The zero-order valence-corrected chi connectivity index (χ0v) is 11.1. The summed E-state index contributed by atoms with van der Waals surface area (Å²) in [5.41, 5.74) is 0. The fourth-order valence-corrected chi connectivity index (χ4v) is 2.78. The molecule has 1 rings (SSSR count). The number of ether oxygens (including phenoxy) is 1. The number of thioether (sulfide) groups is 1. The molecule has 0 spiro atoms. The van der Waals surface area contributed by atoms with Gasteiger partial charge in [-0.05, 0) is 6.92 Å². The fraction of sp³-hybridized carbons (Fsp3) is 0.778. The zero-order chi connectivity index (χ0) is 11.8. The quantitative estimate of drug-likeness (QED) is 0.527. The Morgan fingerprint density at radius 2 is 2.38 bits per heavy atom. The maximum atomic E-state index is 9.65. The number of nitrogens with zero attached hydrogens (tertiary/aromatic N) is 2. The lowest BCUT2D eigenvalue weighted by atomic mass is 10.4. The van der Waals surface area contributed by atoms with Gasteiger partial charge in [0.15, 0.2) is 4.34 Å². The number of aliphatic hydroxyl groups excluding tert-OH is 1. The Morgan fingerprint density at radius 1 is 1.56 bits per heavy atom. The lowest BCUT2D eigenvalue weighted by Gasteiger charge is -2.09. The third-order valence-corrected chi connectivity index (χ3v) is 3.89. The molecule has 0 aromatic carbocycles. The van der Waals surface area contributed by atoms with Gasteiger partial charge in [-0.3, -0.25) is 0 Å². The van der Waals surface area contributed by atoms with Gasteiger partial charge in [-0.25, -0.2) is 0 Å². The van der Waals surface area contributed by atoms with Crippen molar-refractivity contribution in [1.82, 2.24) is 15.5 Å². The van der Waals surface area contributed by atoms with Crippen LogP contribution in [0.3, 0.4) is 0 Å². The Balaban J connectivity index is 2.08. The molecule has 0 bridgehead atoms. The third-order valence-electron chi connectivity index (χ3n) is 1.77. The minimum Gasteiger partial charge on any atom is -0.391 e. The molecular formula is C9H17N3O2S2. The molecule has 1 aromatic heterocycles. The van der Waals surface area contributed by atoms with E-state index in [9.17, 15) is 5.11 Å². The summed E-state index contributed by atoms with van der Waals surface area (Å²) in [6.45, 7) is 3.92. The van der Waals surface area contributed by atoms with Crippen molar-refractivity contribution in [2.24, 2.45) is 0 Å². The van der Waals surface area contributed by atoms with Crippen molar-refractivity contribution < 1.29 is 9.84 Å². The Morgan fingerprint density at radius 3 is 3.00 bits per heavy atom. The molecule has 0 radical (unpaired) electrons. The highest BCUT2D eigenvalue weighted by Crippen LogP contribution is 2.22. The molecular weight excluding hydrogens is 246 g/mol. The second-order valence-corrected chi connectivity index (χ2v) is 5.70. The van der Waals surface area contributed by atoms with Crippen molar-refractivity contribution in [3.8, 4) is 0 Å². The molecule has 0 amide bonds. The first-order chi connectivity index (χ1) is 7.72. The van der Waals surface area contributed by atoms with Crippen LogP contribution < -0.4 is 5.32 Å². The molecule has 0 fully saturated rings. The molecule has 0 aliphatic heterocycles. The van der Waals surface area contributed by atoms with Gasteiger partial charge in [-0.15, -0.1) is 10.2 Å². The average molecular weight is 263 g/mol. The molecule has 7 heteroatoms. The van der Waals surface area contributed by atoms with E-state index in [2.05, 4.69) is 15.5 Å². The monoisotopic (exact) mass is 263 g/mol. The molecule has 0 aliphatic carbocycles. The van der Waals surface area contributed by atoms with Crippen molar-refractivity contribution in [3.05, 3.63) is 5.01 Å². The molecule has 16 heavy (non-hydrogen) atoms. The summed E-state index contributed by atoms with van der Waals surface area (Å²) in [7, 11) is 1.66. The summed E-state index contributed by atoms with van der Waals surface area (Å²) in [5, 5.41) is 21.6. The topological polar surface area (TPSA) is 67.3 Å². The normalized spacial score (nSPS) is 12.9. The van der Waals surface area contributed by atoms with Crippen molar-refractivity contribution in [2.75, 3.05) is 32.6 Å². The van der Waals surface area contributed by atoms with Gasteiger partial charge in [0.25, 0.3) is 0 Å². The van der Waals surface area contributed by atoms with Gasteiger partial charge in [0.2, 0.25) is 0 Å². The first kappa shape index (κ1) is 13.9. The van der Waals surface area contributed by atoms with Crippen molar-refractivity contribution >= 4 is 23.1 Å². The van der Waals surface area contributed by atoms with Gasteiger partial charge in [0, 0.05) is 26.0 Å². The largest absolute Gasteiger partial charge is 0.391 e. The van der Waals surface area contributed by atoms with Crippen LogP contribution in [0.2, 0.25) is 0 Å². The highest BCUT2D eigenvalue weighted by Gasteiger charge is 2.07. The van der Waals surface area contributed by atoms with E-state index in [4.69, 9.17) is 4.74 Å². The summed E-state index contributed by atoms with van der Waals surface area (Å²) in [5.74, 6) is 0.634. The molecule has 5 nitrogen and oxygen atoms in total. The van der Waals surface area contributed by atoms with Crippen molar-refractivity contribution in [1.29, 1.82) is 0 Å². The van der Waals surface area contributed by atoms with Gasteiger partial charge >= 0.3 is 0 Å². The average Bonchev–Trinajstić information content (AvgIpc) is 2.68. The summed E-state index contributed by atoms with van der Waals surface area (Å²) >= 11 is 3.09. The predicted octanol–water partition coefficient (Wildman–Crippen LogP) is 0.536. The van der Waals surface area contributed by atoms with Gasteiger partial charge in [0.05, 0.1) is 12.7 Å². The minimum atomic E-state index is -0.369. The number of hydrogen-bond acceptors (Lipinski definition) is 7. The Hall–Kier alpha value is -0.210. The first-order valence-corrected chi connectivity index (χ1v) is 6.83. The van der Waals surface area contributed by atoms with E-state index in [-0.39, 0.29) is 6.10 Å². The predicted molar refractivity (Wildman–Crippen MR) is 66.1 cm³/mol. The molecule has 1 aromatic rings. The van der Waals surface area contributed by atoms with E-state index < -0.39 is 0 Å². The van der Waals surface area contributed by atoms with Crippen LogP contribution in [0.4, 0.5) is 0 Å². The van der Waals surface area contributed by atoms with Crippen LogP contribution >= 0.6 is 23.1 Å². The van der Waals surface area contributed by atoms with E-state index in [1.165, 1.54) is 11.8 Å². The molecule has 1 heterocycles. The van der Waals surface area contributed by atoms with Crippen LogP contribution in [0.5, 0.6) is 0 Å². The number of hydrogen-bond donors (Lipinski definition) is 2. The summed E-state index contributed by atoms with van der Waals surface area (Å²) in [4.78, 5) is 0. The smallest absolute Gasteiger partial charge is 0.174 e. The van der Waals surface area contributed by atoms with Gasteiger partial charge in [-0.1, -0.05) is 23.1 Å². The SMILES string of the molecule is COCCNCC(O)CSc1nnc(C)s1. The van der Waals surface area contributed by atoms with E-state index in [1.807, 2.05) is 6.92 Å². The molecule has 0 saturated carbocycles. The van der Waals surface area contributed by atoms with Gasteiger partial charge < -0.3 is 15.2 Å². The van der Waals surface area contributed by atoms with Gasteiger partial charge in [0.1, 0.15) is 5.01 Å². The maximum absolute atomic E-state index is 9.65. The standard InChI is InChI=1S/C9H17N3O2S2/c1-7-11-12-9(16-7)15-6-8(13)5-10-3-4-14-2/h8,10,13H,3-6H2,1-2H3. The zero-order valence-electron chi connectivity index (χ0n) is 9.47. The van der Waals surface area contributed by atoms with E-state index >= 15 is 0 Å².